The lowest BCUT2D eigenvalue weighted by Crippen LogP contribution is -2.31. The summed E-state index contributed by atoms with van der Waals surface area (Å²) in [5.74, 6) is 0.181. The van der Waals surface area contributed by atoms with Crippen molar-refractivity contribution in [3.63, 3.8) is 0 Å². The molecule has 8 nitrogen and oxygen atoms in total. The predicted molar refractivity (Wildman–Crippen MR) is 101 cm³/mol. The Morgan fingerprint density at radius 1 is 1.20 bits per heavy atom. The number of rotatable bonds is 5. The first kappa shape index (κ1) is 21.5. The minimum atomic E-state index is -4.73. The number of alkyl halides is 3. The van der Waals surface area contributed by atoms with Crippen LogP contribution >= 0.6 is 11.6 Å². The van der Waals surface area contributed by atoms with Gasteiger partial charge in [-0.15, -0.1) is 0 Å². The minimum absolute atomic E-state index is 0.169. The molecule has 0 saturated carbocycles. The fraction of sp³-hybridized carbons (Fsp3) is 0.278. The van der Waals surface area contributed by atoms with Gasteiger partial charge in [-0.25, -0.2) is 0 Å². The van der Waals surface area contributed by atoms with Crippen molar-refractivity contribution in [3.05, 3.63) is 56.6 Å². The van der Waals surface area contributed by atoms with Gasteiger partial charge in [0.05, 0.1) is 35.1 Å². The smallest absolute Gasteiger partial charge is 0.416 e. The molecule has 1 aliphatic heterocycles. The van der Waals surface area contributed by atoms with E-state index in [1.807, 2.05) is 0 Å². The Balaban J connectivity index is 1.70. The lowest BCUT2D eigenvalue weighted by Gasteiger charge is -2.13. The number of ether oxygens (including phenoxy) is 2. The molecule has 160 valence electrons. The largest absolute Gasteiger partial charge is 0.489 e. The zero-order valence-corrected chi connectivity index (χ0v) is 16.0. The Hall–Kier alpha value is -3.21. The van der Waals surface area contributed by atoms with E-state index in [4.69, 9.17) is 21.1 Å². The van der Waals surface area contributed by atoms with Gasteiger partial charge in [-0.3, -0.25) is 25.8 Å². The second-order valence-electron chi connectivity index (χ2n) is 6.29. The van der Waals surface area contributed by atoms with Crippen LogP contribution in [0.3, 0.4) is 0 Å². The topological polar surface area (TPSA) is 103 Å². The Morgan fingerprint density at radius 2 is 1.93 bits per heavy atom. The van der Waals surface area contributed by atoms with Gasteiger partial charge in [0.15, 0.2) is 11.5 Å². The van der Waals surface area contributed by atoms with Crippen LogP contribution in [-0.2, 0) is 17.4 Å². The SMILES string of the molecule is O=C(Cc1cc(Cl)c2c(c1)OCCCO2)NNc1ccc(C(F)(F)F)cc1[N+](=O)[O-]. The van der Waals surface area contributed by atoms with Crippen molar-refractivity contribution >= 4 is 28.9 Å². The summed E-state index contributed by atoms with van der Waals surface area (Å²) in [7, 11) is 0. The molecule has 2 aromatic rings. The highest BCUT2D eigenvalue weighted by atomic mass is 35.5. The molecule has 12 heteroatoms. The number of anilines is 1. The first-order valence-electron chi connectivity index (χ1n) is 8.63. The van der Waals surface area contributed by atoms with Crippen LogP contribution in [0, 0.1) is 10.1 Å². The van der Waals surface area contributed by atoms with E-state index in [1.165, 1.54) is 6.07 Å². The van der Waals surface area contributed by atoms with Crippen LogP contribution in [0.5, 0.6) is 11.5 Å². The zero-order valence-electron chi connectivity index (χ0n) is 15.2. The highest BCUT2D eigenvalue weighted by Crippen LogP contribution is 2.38. The number of carbonyl (C=O) groups is 1. The van der Waals surface area contributed by atoms with E-state index < -0.39 is 28.3 Å². The number of benzene rings is 2. The number of nitrogens with zero attached hydrogens (tertiary/aromatic N) is 1. The molecule has 1 amide bonds. The Kier molecular flexibility index (Phi) is 6.20. The van der Waals surface area contributed by atoms with E-state index in [9.17, 15) is 28.1 Å². The van der Waals surface area contributed by atoms with Crippen LogP contribution in [-0.4, -0.2) is 24.0 Å². The molecule has 0 bridgehead atoms. The second kappa shape index (κ2) is 8.66. The number of hydrogen-bond donors (Lipinski definition) is 2. The summed E-state index contributed by atoms with van der Waals surface area (Å²) in [4.78, 5) is 22.3. The van der Waals surface area contributed by atoms with Crippen molar-refractivity contribution in [2.24, 2.45) is 0 Å². The van der Waals surface area contributed by atoms with E-state index in [0.29, 0.717) is 48.8 Å². The highest BCUT2D eigenvalue weighted by Gasteiger charge is 2.33. The van der Waals surface area contributed by atoms with Crippen molar-refractivity contribution in [3.8, 4) is 11.5 Å². The first-order chi connectivity index (χ1) is 14.1. The fourth-order valence-electron chi connectivity index (χ4n) is 2.72. The van der Waals surface area contributed by atoms with Crippen LogP contribution in [0.4, 0.5) is 24.5 Å². The Bertz CT molecular complexity index is 984. The maximum atomic E-state index is 12.8. The number of nitro groups is 1. The zero-order chi connectivity index (χ0) is 21.9. The molecule has 0 saturated heterocycles. The number of amides is 1. The molecule has 0 fully saturated rings. The molecule has 1 heterocycles. The van der Waals surface area contributed by atoms with Crippen molar-refractivity contribution in [2.75, 3.05) is 18.6 Å². The van der Waals surface area contributed by atoms with Gasteiger partial charge in [0.2, 0.25) is 5.91 Å². The summed E-state index contributed by atoms with van der Waals surface area (Å²) in [5.41, 5.74) is 2.70. The lowest BCUT2D eigenvalue weighted by molar-refractivity contribution is -0.384. The van der Waals surface area contributed by atoms with Gasteiger partial charge in [0, 0.05) is 12.5 Å². The van der Waals surface area contributed by atoms with Gasteiger partial charge in [-0.2, -0.15) is 13.2 Å². The van der Waals surface area contributed by atoms with Gasteiger partial charge in [0.1, 0.15) is 5.69 Å². The van der Waals surface area contributed by atoms with Crippen LogP contribution < -0.4 is 20.3 Å². The average molecular weight is 446 g/mol. The molecule has 2 N–H and O–H groups in total. The van der Waals surface area contributed by atoms with Crippen LogP contribution in [0.15, 0.2) is 30.3 Å². The Morgan fingerprint density at radius 3 is 2.63 bits per heavy atom. The van der Waals surface area contributed by atoms with Gasteiger partial charge in [0.25, 0.3) is 5.69 Å². The lowest BCUT2D eigenvalue weighted by atomic mass is 10.1. The summed E-state index contributed by atoms with van der Waals surface area (Å²) in [5, 5.41) is 11.4. The third-order valence-corrected chi connectivity index (χ3v) is 4.37. The van der Waals surface area contributed by atoms with Crippen molar-refractivity contribution in [2.45, 2.75) is 19.0 Å². The van der Waals surface area contributed by atoms with E-state index >= 15 is 0 Å². The first-order valence-corrected chi connectivity index (χ1v) is 9.01. The van der Waals surface area contributed by atoms with Crippen LogP contribution in [0.25, 0.3) is 0 Å². The molecule has 3 rings (SSSR count). The van der Waals surface area contributed by atoms with Crippen molar-refractivity contribution < 1.29 is 32.4 Å². The molecule has 0 unspecified atom stereocenters. The normalized spacial score (nSPS) is 13.3. The van der Waals surface area contributed by atoms with E-state index in [0.717, 1.165) is 6.07 Å². The van der Waals surface area contributed by atoms with E-state index in [1.54, 1.807) is 6.07 Å². The number of fused-ring (bicyclic) bond motifs is 1. The summed E-state index contributed by atoms with van der Waals surface area (Å²) in [6.07, 6.45) is -4.22. The number of nitrogens with one attached hydrogen (secondary N) is 2. The average Bonchev–Trinajstić information content (AvgIpc) is 2.91. The number of carbonyl (C=O) groups excluding carboxylic acids is 1. The monoisotopic (exact) mass is 445 g/mol. The quantitative estimate of drug-likeness (QED) is 0.530. The molecular formula is C18H15ClF3N3O5. The molecule has 0 aliphatic carbocycles. The standard InChI is InChI=1S/C18H15ClF3N3O5/c19-12-6-10(7-15-17(12)30-5-1-4-29-15)8-16(26)24-23-13-3-2-11(18(20,21)22)9-14(13)25(27)28/h2-3,6-7,9,23H,1,4-5,8H2,(H,24,26). The summed E-state index contributed by atoms with van der Waals surface area (Å²) in [6.45, 7) is 0.875. The fourth-order valence-corrected chi connectivity index (χ4v) is 3.01. The van der Waals surface area contributed by atoms with Gasteiger partial charge in [-0.1, -0.05) is 11.6 Å². The van der Waals surface area contributed by atoms with Gasteiger partial charge in [-0.05, 0) is 29.8 Å². The van der Waals surface area contributed by atoms with Crippen molar-refractivity contribution in [1.82, 2.24) is 5.43 Å². The summed E-state index contributed by atoms with van der Waals surface area (Å²) in [6, 6.07) is 5.04. The molecule has 1 aliphatic rings. The summed E-state index contributed by atoms with van der Waals surface area (Å²) >= 11 is 6.16. The summed E-state index contributed by atoms with van der Waals surface area (Å²) < 4.78 is 49.3. The van der Waals surface area contributed by atoms with E-state index in [-0.39, 0.29) is 17.1 Å². The molecule has 0 aromatic heterocycles. The Labute approximate surface area is 173 Å². The molecule has 30 heavy (non-hydrogen) atoms. The van der Waals surface area contributed by atoms with Gasteiger partial charge >= 0.3 is 6.18 Å². The molecular weight excluding hydrogens is 431 g/mol. The third-order valence-electron chi connectivity index (χ3n) is 4.08. The number of halogens is 4. The van der Waals surface area contributed by atoms with Crippen molar-refractivity contribution in [1.29, 1.82) is 0 Å². The molecule has 0 spiro atoms. The third kappa shape index (κ3) is 5.03. The number of hydrazine groups is 1. The number of nitro benzene ring substituents is 1. The molecule has 0 radical (unpaired) electrons. The number of hydrogen-bond acceptors (Lipinski definition) is 6. The maximum Gasteiger partial charge on any atom is 0.416 e. The highest BCUT2D eigenvalue weighted by molar-refractivity contribution is 6.32. The van der Waals surface area contributed by atoms with Crippen LogP contribution in [0.1, 0.15) is 17.5 Å². The molecule has 0 atom stereocenters. The van der Waals surface area contributed by atoms with Gasteiger partial charge < -0.3 is 9.47 Å². The predicted octanol–water partition coefficient (Wildman–Crippen LogP) is 4.11. The van der Waals surface area contributed by atoms with Crippen LogP contribution in [0.2, 0.25) is 5.02 Å². The second-order valence-corrected chi connectivity index (χ2v) is 6.70. The maximum absolute atomic E-state index is 12.8. The van der Waals surface area contributed by atoms with E-state index in [2.05, 4.69) is 10.9 Å². The minimum Gasteiger partial charge on any atom is -0.489 e. The molecule has 2 aromatic carbocycles.